The number of hydrogen-bond donors (Lipinski definition) is 2. The number of carbonyl (C=O) groups is 1. The SMILES string of the molecule is CCNc1ncc(F)cc1C(=O)NCc1cccc(C)n1. The minimum atomic E-state index is -0.546. The number of rotatable bonds is 5. The van der Waals surface area contributed by atoms with Crippen LogP contribution in [0, 0.1) is 12.7 Å². The zero-order valence-electron chi connectivity index (χ0n) is 12.0. The Hall–Kier alpha value is -2.50. The summed E-state index contributed by atoms with van der Waals surface area (Å²) in [4.78, 5) is 20.4. The summed E-state index contributed by atoms with van der Waals surface area (Å²) in [5, 5.41) is 5.66. The number of aryl methyl sites for hydroxylation is 1. The maximum Gasteiger partial charge on any atom is 0.255 e. The predicted octanol–water partition coefficient (Wildman–Crippen LogP) is 2.29. The number of nitrogens with one attached hydrogen (secondary N) is 2. The van der Waals surface area contributed by atoms with Crippen molar-refractivity contribution < 1.29 is 9.18 Å². The van der Waals surface area contributed by atoms with Gasteiger partial charge in [0, 0.05) is 12.2 Å². The molecule has 0 bridgehead atoms. The van der Waals surface area contributed by atoms with Gasteiger partial charge in [0.15, 0.2) is 0 Å². The molecule has 0 fully saturated rings. The Labute approximate surface area is 122 Å². The minimum Gasteiger partial charge on any atom is -0.370 e. The van der Waals surface area contributed by atoms with Gasteiger partial charge in [0.05, 0.1) is 24.0 Å². The standard InChI is InChI=1S/C15H17FN4O/c1-3-17-14-13(7-11(16)8-18-14)15(21)19-9-12-6-4-5-10(2)20-12/h4-8H,3,9H2,1-2H3,(H,17,18)(H,19,21). The molecule has 2 aromatic rings. The van der Waals surface area contributed by atoms with Gasteiger partial charge in [-0.15, -0.1) is 0 Å². The molecule has 5 nitrogen and oxygen atoms in total. The van der Waals surface area contributed by atoms with Crippen molar-refractivity contribution in [1.29, 1.82) is 0 Å². The lowest BCUT2D eigenvalue weighted by Gasteiger charge is -2.10. The second-order valence-electron chi connectivity index (χ2n) is 4.53. The van der Waals surface area contributed by atoms with Crippen molar-refractivity contribution in [2.24, 2.45) is 0 Å². The first-order chi connectivity index (χ1) is 10.1. The van der Waals surface area contributed by atoms with Gasteiger partial charge in [-0.2, -0.15) is 0 Å². The summed E-state index contributed by atoms with van der Waals surface area (Å²) in [5.74, 6) is -0.564. The van der Waals surface area contributed by atoms with E-state index in [1.54, 1.807) is 0 Å². The maximum atomic E-state index is 13.3. The molecule has 0 radical (unpaired) electrons. The third kappa shape index (κ3) is 3.98. The zero-order chi connectivity index (χ0) is 15.2. The Morgan fingerprint density at radius 1 is 1.38 bits per heavy atom. The van der Waals surface area contributed by atoms with Crippen molar-refractivity contribution in [3.8, 4) is 0 Å². The van der Waals surface area contributed by atoms with Crippen LogP contribution in [0.2, 0.25) is 0 Å². The molecule has 0 unspecified atom stereocenters. The van der Waals surface area contributed by atoms with E-state index in [0.717, 1.165) is 17.6 Å². The molecule has 110 valence electrons. The van der Waals surface area contributed by atoms with Crippen molar-refractivity contribution in [1.82, 2.24) is 15.3 Å². The van der Waals surface area contributed by atoms with E-state index in [4.69, 9.17) is 0 Å². The molecule has 0 aliphatic rings. The summed E-state index contributed by atoms with van der Waals surface area (Å²) in [6.07, 6.45) is 1.08. The van der Waals surface area contributed by atoms with Crippen LogP contribution in [-0.4, -0.2) is 22.4 Å². The van der Waals surface area contributed by atoms with Crippen LogP contribution in [0.25, 0.3) is 0 Å². The Morgan fingerprint density at radius 3 is 2.90 bits per heavy atom. The van der Waals surface area contributed by atoms with Crippen molar-refractivity contribution in [3.63, 3.8) is 0 Å². The lowest BCUT2D eigenvalue weighted by Crippen LogP contribution is -2.25. The van der Waals surface area contributed by atoms with Crippen LogP contribution in [-0.2, 0) is 6.54 Å². The lowest BCUT2D eigenvalue weighted by molar-refractivity contribution is 0.0950. The fourth-order valence-corrected chi connectivity index (χ4v) is 1.88. The van der Waals surface area contributed by atoms with E-state index >= 15 is 0 Å². The smallest absolute Gasteiger partial charge is 0.255 e. The van der Waals surface area contributed by atoms with Gasteiger partial charge in [-0.05, 0) is 32.0 Å². The Balaban J connectivity index is 2.11. The molecule has 2 N–H and O–H groups in total. The van der Waals surface area contributed by atoms with E-state index in [1.165, 1.54) is 6.07 Å². The normalized spacial score (nSPS) is 10.2. The van der Waals surface area contributed by atoms with Crippen LogP contribution in [0.4, 0.5) is 10.2 Å². The molecule has 0 atom stereocenters. The average molecular weight is 288 g/mol. The van der Waals surface area contributed by atoms with Gasteiger partial charge in [0.25, 0.3) is 5.91 Å². The van der Waals surface area contributed by atoms with Gasteiger partial charge >= 0.3 is 0 Å². The molecule has 2 aromatic heterocycles. The molecule has 0 aliphatic heterocycles. The second kappa shape index (κ2) is 6.78. The van der Waals surface area contributed by atoms with Crippen LogP contribution < -0.4 is 10.6 Å². The highest BCUT2D eigenvalue weighted by atomic mass is 19.1. The van der Waals surface area contributed by atoms with E-state index in [2.05, 4.69) is 20.6 Å². The first-order valence-corrected chi connectivity index (χ1v) is 6.70. The number of carbonyl (C=O) groups excluding carboxylic acids is 1. The Kier molecular flexibility index (Phi) is 4.81. The summed E-state index contributed by atoms with van der Waals surface area (Å²) in [7, 11) is 0. The summed E-state index contributed by atoms with van der Waals surface area (Å²) >= 11 is 0. The highest BCUT2D eigenvalue weighted by Gasteiger charge is 2.13. The van der Waals surface area contributed by atoms with E-state index in [1.807, 2.05) is 32.0 Å². The minimum absolute atomic E-state index is 0.185. The Bertz CT molecular complexity index is 645. The van der Waals surface area contributed by atoms with Crippen molar-refractivity contribution >= 4 is 11.7 Å². The number of amides is 1. The first kappa shape index (κ1) is 14.9. The van der Waals surface area contributed by atoms with E-state index in [-0.39, 0.29) is 18.0 Å². The quantitative estimate of drug-likeness (QED) is 0.886. The van der Waals surface area contributed by atoms with Crippen molar-refractivity contribution in [2.75, 3.05) is 11.9 Å². The molecule has 1 amide bonds. The summed E-state index contributed by atoms with van der Waals surface area (Å²) in [6.45, 7) is 4.63. The average Bonchev–Trinajstić information content (AvgIpc) is 2.47. The van der Waals surface area contributed by atoms with Crippen LogP contribution >= 0.6 is 0 Å². The third-order valence-electron chi connectivity index (χ3n) is 2.82. The summed E-state index contributed by atoms with van der Waals surface area (Å²) in [5.41, 5.74) is 1.81. The van der Waals surface area contributed by atoms with Crippen molar-refractivity contribution in [2.45, 2.75) is 20.4 Å². The molecule has 0 saturated carbocycles. The number of aromatic nitrogens is 2. The number of hydrogen-bond acceptors (Lipinski definition) is 4. The molecule has 0 spiro atoms. The number of anilines is 1. The second-order valence-corrected chi connectivity index (χ2v) is 4.53. The lowest BCUT2D eigenvalue weighted by atomic mass is 10.2. The molecule has 2 heterocycles. The van der Waals surface area contributed by atoms with Crippen LogP contribution in [0.1, 0.15) is 28.7 Å². The van der Waals surface area contributed by atoms with E-state index < -0.39 is 5.82 Å². The number of pyridine rings is 2. The van der Waals surface area contributed by atoms with Crippen LogP contribution in [0.3, 0.4) is 0 Å². The van der Waals surface area contributed by atoms with Gasteiger partial charge in [-0.25, -0.2) is 9.37 Å². The summed E-state index contributed by atoms with van der Waals surface area (Å²) < 4.78 is 13.3. The maximum absolute atomic E-state index is 13.3. The zero-order valence-corrected chi connectivity index (χ0v) is 12.0. The fourth-order valence-electron chi connectivity index (χ4n) is 1.88. The Morgan fingerprint density at radius 2 is 2.19 bits per heavy atom. The molecule has 0 aliphatic carbocycles. The first-order valence-electron chi connectivity index (χ1n) is 6.70. The molecule has 0 saturated heterocycles. The summed E-state index contributed by atoms with van der Waals surface area (Å²) in [6, 6.07) is 6.75. The van der Waals surface area contributed by atoms with Crippen molar-refractivity contribution in [3.05, 3.63) is 53.2 Å². The molecule has 6 heteroatoms. The topological polar surface area (TPSA) is 66.9 Å². The van der Waals surface area contributed by atoms with Crippen LogP contribution in [0.15, 0.2) is 30.5 Å². The number of halogens is 1. The molecular formula is C15H17FN4O. The molecule has 0 aromatic carbocycles. The monoisotopic (exact) mass is 288 g/mol. The highest BCUT2D eigenvalue weighted by Crippen LogP contribution is 2.13. The van der Waals surface area contributed by atoms with E-state index in [9.17, 15) is 9.18 Å². The highest BCUT2D eigenvalue weighted by molar-refractivity contribution is 5.98. The largest absolute Gasteiger partial charge is 0.370 e. The number of nitrogens with zero attached hydrogens (tertiary/aromatic N) is 2. The van der Waals surface area contributed by atoms with Crippen LogP contribution in [0.5, 0.6) is 0 Å². The molecular weight excluding hydrogens is 271 g/mol. The van der Waals surface area contributed by atoms with Gasteiger partial charge in [0.1, 0.15) is 11.6 Å². The van der Waals surface area contributed by atoms with Gasteiger partial charge in [0.2, 0.25) is 0 Å². The fraction of sp³-hybridized carbons (Fsp3) is 0.267. The van der Waals surface area contributed by atoms with Gasteiger partial charge in [-0.3, -0.25) is 9.78 Å². The van der Waals surface area contributed by atoms with Gasteiger partial charge in [-0.1, -0.05) is 6.07 Å². The molecule has 21 heavy (non-hydrogen) atoms. The molecule has 2 rings (SSSR count). The third-order valence-corrected chi connectivity index (χ3v) is 2.82. The van der Waals surface area contributed by atoms with E-state index in [0.29, 0.717) is 12.4 Å². The predicted molar refractivity (Wildman–Crippen MR) is 78.5 cm³/mol. The van der Waals surface area contributed by atoms with Gasteiger partial charge < -0.3 is 10.6 Å².